The molecule has 2 aromatic rings. The molecule has 12 nitrogen and oxygen atoms in total. The van der Waals surface area contributed by atoms with E-state index in [1.54, 1.807) is 0 Å². The van der Waals surface area contributed by atoms with Crippen LogP contribution in [0.4, 0.5) is 0 Å². The lowest BCUT2D eigenvalue weighted by Crippen LogP contribution is -2.25. The Hall–Kier alpha value is -3.10. The topological polar surface area (TPSA) is 173 Å². The standard InChI is InChI=1S/C18H22N2O10S/c1-27-15-9-11(3-8-16(21)20-22)14(17(30-24)18(15)28-2)10-19-31(25,26)13-6-4-12(29-23)5-7-13/h4-7,9,19,22-24H,3,8,10H2,1-2H3,(H,20,21). The Morgan fingerprint density at radius 3 is 2.23 bits per heavy atom. The number of carbonyl (C=O) groups excluding carboxylic acids is 1. The van der Waals surface area contributed by atoms with Crippen LogP contribution in [0.15, 0.2) is 35.2 Å². The number of carbonyl (C=O) groups is 1. The minimum Gasteiger partial charge on any atom is -0.493 e. The summed E-state index contributed by atoms with van der Waals surface area (Å²) >= 11 is 0. The summed E-state index contributed by atoms with van der Waals surface area (Å²) in [6.07, 6.45) is -0.0814. The van der Waals surface area contributed by atoms with E-state index in [-0.39, 0.29) is 52.8 Å². The molecule has 0 bridgehead atoms. The molecule has 13 heteroatoms. The maximum Gasteiger partial charge on any atom is 0.243 e. The minimum atomic E-state index is -4.01. The van der Waals surface area contributed by atoms with E-state index in [9.17, 15) is 18.5 Å². The quantitative estimate of drug-likeness (QED) is 0.188. The molecule has 0 fully saturated rings. The lowest BCUT2D eigenvalue weighted by Gasteiger charge is -2.19. The van der Waals surface area contributed by atoms with Crippen LogP contribution in [0.2, 0.25) is 0 Å². The van der Waals surface area contributed by atoms with E-state index < -0.39 is 15.9 Å². The molecule has 0 unspecified atom stereocenters. The van der Waals surface area contributed by atoms with Gasteiger partial charge in [-0.2, -0.15) is 0 Å². The first-order valence-corrected chi connectivity index (χ1v) is 10.2. The van der Waals surface area contributed by atoms with E-state index in [0.29, 0.717) is 5.56 Å². The molecular formula is C18H22N2O10S. The van der Waals surface area contributed by atoms with Gasteiger partial charge >= 0.3 is 0 Å². The number of sulfonamides is 1. The van der Waals surface area contributed by atoms with Crippen LogP contribution in [-0.2, 0) is 27.8 Å². The number of aryl methyl sites for hydroxylation is 1. The highest BCUT2D eigenvalue weighted by molar-refractivity contribution is 7.89. The number of hydrogen-bond donors (Lipinski definition) is 5. The van der Waals surface area contributed by atoms with Crippen molar-refractivity contribution < 1.29 is 48.2 Å². The number of ether oxygens (including phenoxy) is 2. The van der Waals surface area contributed by atoms with Gasteiger partial charge in [0.2, 0.25) is 27.4 Å². The minimum absolute atomic E-state index is 0.0130. The van der Waals surface area contributed by atoms with Crippen LogP contribution < -0.4 is 29.5 Å². The SMILES string of the molecule is COc1cc(CCC(=O)NO)c(CNS(=O)(=O)c2ccc(OO)cc2)c(OO)c1OC. The molecule has 0 aliphatic rings. The average Bonchev–Trinajstić information content (AvgIpc) is 2.80. The summed E-state index contributed by atoms with van der Waals surface area (Å²) in [5.74, 6) is -0.623. The molecule has 0 radical (unpaired) electrons. The largest absolute Gasteiger partial charge is 0.493 e. The molecule has 2 rings (SSSR count). The zero-order valence-corrected chi connectivity index (χ0v) is 17.4. The zero-order chi connectivity index (χ0) is 23.0. The van der Waals surface area contributed by atoms with Gasteiger partial charge < -0.3 is 19.2 Å². The van der Waals surface area contributed by atoms with Crippen molar-refractivity contribution in [1.82, 2.24) is 10.2 Å². The Morgan fingerprint density at radius 1 is 1.03 bits per heavy atom. The van der Waals surface area contributed by atoms with Gasteiger partial charge in [0, 0.05) is 18.5 Å². The summed E-state index contributed by atoms with van der Waals surface area (Å²) in [6.45, 7) is -0.340. The average molecular weight is 458 g/mol. The summed E-state index contributed by atoms with van der Waals surface area (Å²) in [5.41, 5.74) is 2.09. The summed E-state index contributed by atoms with van der Waals surface area (Å²) in [5, 5.41) is 26.7. The maximum absolute atomic E-state index is 12.6. The lowest BCUT2D eigenvalue weighted by molar-refractivity contribution is -0.140. The summed E-state index contributed by atoms with van der Waals surface area (Å²) < 4.78 is 38.0. The predicted octanol–water partition coefficient (Wildman–Crippen LogP) is 1.32. The molecule has 0 aliphatic heterocycles. The first-order valence-electron chi connectivity index (χ1n) is 8.73. The number of amides is 1. The smallest absolute Gasteiger partial charge is 0.243 e. The summed E-state index contributed by atoms with van der Waals surface area (Å²) in [4.78, 5) is 19.8. The molecule has 31 heavy (non-hydrogen) atoms. The number of benzene rings is 2. The maximum atomic E-state index is 12.6. The highest BCUT2D eigenvalue weighted by Crippen LogP contribution is 2.42. The first-order chi connectivity index (χ1) is 14.8. The molecule has 0 atom stereocenters. The van der Waals surface area contributed by atoms with Gasteiger partial charge in [0.1, 0.15) is 0 Å². The second-order valence-corrected chi connectivity index (χ2v) is 7.86. The first kappa shape index (κ1) is 24.2. The third-order valence-corrected chi connectivity index (χ3v) is 5.75. The van der Waals surface area contributed by atoms with Gasteiger partial charge in [-0.15, -0.1) is 0 Å². The third kappa shape index (κ3) is 5.74. The molecule has 0 aromatic heterocycles. The van der Waals surface area contributed by atoms with Crippen LogP contribution in [0.5, 0.6) is 23.0 Å². The number of rotatable bonds is 11. The number of hydroxylamine groups is 1. The third-order valence-electron chi connectivity index (χ3n) is 4.34. The molecule has 5 N–H and O–H groups in total. The molecule has 0 saturated carbocycles. The van der Waals surface area contributed by atoms with E-state index in [0.717, 1.165) is 0 Å². The normalized spacial score (nSPS) is 11.0. The lowest BCUT2D eigenvalue weighted by atomic mass is 10.00. The van der Waals surface area contributed by atoms with Gasteiger partial charge in [-0.05, 0) is 42.3 Å². The van der Waals surface area contributed by atoms with E-state index in [2.05, 4.69) is 14.5 Å². The second-order valence-electron chi connectivity index (χ2n) is 6.09. The number of hydrogen-bond acceptors (Lipinski definition) is 10. The van der Waals surface area contributed by atoms with Crippen molar-refractivity contribution in [3.8, 4) is 23.0 Å². The Morgan fingerprint density at radius 2 is 1.71 bits per heavy atom. The molecule has 170 valence electrons. The van der Waals surface area contributed by atoms with Crippen molar-refractivity contribution in [2.45, 2.75) is 24.3 Å². The van der Waals surface area contributed by atoms with Crippen LogP contribution >= 0.6 is 0 Å². The van der Waals surface area contributed by atoms with Crippen molar-refractivity contribution >= 4 is 15.9 Å². The number of nitrogens with one attached hydrogen (secondary N) is 2. The van der Waals surface area contributed by atoms with Crippen molar-refractivity contribution in [3.63, 3.8) is 0 Å². The molecule has 1 amide bonds. The molecule has 0 heterocycles. The van der Waals surface area contributed by atoms with Crippen molar-refractivity contribution in [2.75, 3.05) is 14.2 Å². The van der Waals surface area contributed by atoms with Crippen molar-refractivity contribution in [3.05, 3.63) is 41.5 Å². The van der Waals surface area contributed by atoms with Crippen LogP contribution in [0.25, 0.3) is 0 Å². The van der Waals surface area contributed by atoms with E-state index in [1.807, 2.05) is 0 Å². The van der Waals surface area contributed by atoms with Gasteiger partial charge in [0.05, 0.1) is 19.1 Å². The van der Waals surface area contributed by atoms with E-state index in [4.69, 9.17) is 19.9 Å². The van der Waals surface area contributed by atoms with Crippen molar-refractivity contribution in [1.29, 1.82) is 0 Å². The highest BCUT2D eigenvalue weighted by atomic mass is 32.2. The zero-order valence-electron chi connectivity index (χ0n) is 16.6. The molecule has 0 saturated heterocycles. The Balaban J connectivity index is 2.42. The molecule has 2 aromatic carbocycles. The van der Waals surface area contributed by atoms with Gasteiger partial charge in [0.25, 0.3) is 0 Å². The fraction of sp³-hybridized carbons (Fsp3) is 0.278. The predicted molar refractivity (Wildman–Crippen MR) is 105 cm³/mol. The summed E-state index contributed by atoms with van der Waals surface area (Å²) in [7, 11) is -1.36. The Kier molecular flexibility index (Phi) is 8.41. The van der Waals surface area contributed by atoms with E-state index in [1.165, 1.54) is 50.0 Å². The van der Waals surface area contributed by atoms with Gasteiger partial charge in [0.15, 0.2) is 11.5 Å². The van der Waals surface area contributed by atoms with Gasteiger partial charge in [-0.1, -0.05) is 0 Å². The molecule has 0 aliphatic carbocycles. The van der Waals surface area contributed by atoms with Crippen LogP contribution in [0.1, 0.15) is 17.5 Å². The highest BCUT2D eigenvalue weighted by Gasteiger charge is 2.24. The van der Waals surface area contributed by atoms with Crippen molar-refractivity contribution in [2.24, 2.45) is 0 Å². The van der Waals surface area contributed by atoms with E-state index >= 15 is 0 Å². The number of methoxy groups -OCH3 is 2. The Bertz CT molecular complexity index is 1010. The van der Waals surface area contributed by atoms with Crippen LogP contribution in [-0.4, -0.2) is 44.3 Å². The monoisotopic (exact) mass is 458 g/mol. The van der Waals surface area contributed by atoms with Gasteiger partial charge in [-0.3, -0.25) is 10.0 Å². The van der Waals surface area contributed by atoms with Crippen LogP contribution in [0.3, 0.4) is 0 Å². The molecular weight excluding hydrogens is 436 g/mol. The second kappa shape index (κ2) is 10.8. The fourth-order valence-electron chi connectivity index (χ4n) is 2.80. The Labute approximate surface area is 177 Å². The van der Waals surface area contributed by atoms with Gasteiger partial charge in [-0.25, -0.2) is 29.1 Å². The van der Waals surface area contributed by atoms with Crippen LogP contribution in [0, 0.1) is 0 Å². The fourth-order valence-corrected chi connectivity index (χ4v) is 3.79. The summed E-state index contributed by atoms with van der Waals surface area (Å²) in [6, 6.07) is 6.46. The molecule has 0 spiro atoms.